The van der Waals surface area contributed by atoms with Gasteiger partial charge in [0.15, 0.2) is 11.6 Å². The van der Waals surface area contributed by atoms with Crippen molar-refractivity contribution in [2.24, 2.45) is 0 Å². The lowest BCUT2D eigenvalue weighted by Gasteiger charge is -2.02. The average molecular weight is 226 g/mol. The summed E-state index contributed by atoms with van der Waals surface area (Å²) in [5.74, 6) is -0.306. The Morgan fingerprint density at radius 2 is 2.33 bits per heavy atom. The van der Waals surface area contributed by atoms with E-state index in [1.54, 1.807) is 6.07 Å². The Balaban J connectivity index is 2.46. The van der Waals surface area contributed by atoms with E-state index < -0.39 is 5.82 Å². The molecule has 1 aromatic carbocycles. The van der Waals surface area contributed by atoms with Gasteiger partial charge in [0, 0.05) is 5.56 Å². The smallest absolute Gasteiger partial charge is 0.322 e. The van der Waals surface area contributed by atoms with E-state index in [4.69, 9.17) is 4.74 Å². The highest BCUT2D eigenvalue weighted by atomic mass is 32.1. The molecule has 0 bridgehead atoms. The van der Waals surface area contributed by atoms with Gasteiger partial charge >= 0.3 is 4.87 Å². The van der Waals surface area contributed by atoms with E-state index in [-0.39, 0.29) is 10.6 Å². The molecule has 0 amide bonds. The first-order valence-corrected chi connectivity index (χ1v) is 4.92. The van der Waals surface area contributed by atoms with E-state index in [0.29, 0.717) is 10.6 Å². The van der Waals surface area contributed by atoms with Crippen LogP contribution in [0.15, 0.2) is 23.0 Å². The fraction of sp³-hybridized carbons (Fsp3) is 0.111. The summed E-state index contributed by atoms with van der Waals surface area (Å²) in [7, 11) is 1.39. The van der Waals surface area contributed by atoms with Crippen molar-refractivity contribution >= 4 is 11.3 Å². The van der Waals surface area contributed by atoms with Gasteiger partial charge < -0.3 is 4.74 Å². The Morgan fingerprint density at radius 3 is 2.87 bits per heavy atom. The third kappa shape index (κ3) is 1.89. The molecule has 1 heterocycles. The van der Waals surface area contributed by atoms with Crippen LogP contribution in [0.4, 0.5) is 4.39 Å². The Kier molecular flexibility index (Phi) is 2.51. The van der Waals surface area contributed by atoms with E-state index in [1.807, 2.05) is 0 Å². The van der Waals surface area contributed by atoms with Gasteiger partial charge in [0.2, 0.25) is 0 Å². The van der Waals surface area contributed by atoms with Crippen LogP contribution in [0.1, 0.15) is 0 Å². The van der Waals surface area contributed by atoms with Crippen LogP contribution in [0.25, 0.3) is 10.6 Å². The van der Waals surface area contributed by atoms with E-state index in [2.05, 4.69) is 10.2 Å². The summed E-state index contributed by atoms with van der Waals surface area (Å²) in [6, 6.07) is 4.43. The van der Waals surface area contributed by atoms with Crippen molar-refractivity contribution in [3.63, 3.8) is 0 Å². The maximum atomic E-state index is 13.3. The second-order valence-electron chi connectivity index (χ2n) is 2.77. The second kappa shape index (κ2) is 3.82. The molecule has 0 spiro atoms. The number of aromatic amines is 1. The summed E-state index contributed by atoms with van der Waals surface area (Å²) in [5, 5.41) is 6.49. The third-order valence-corrected chi connectivity index (χ3v) is 2.63. The lowest BCUT2D eigenvalue weighted by Crippen LogP contribution is -1.90. The number of H-pyrrole nitrogens is 1. The molecule has 2 rings (SSSR count). The number of methoxy groups -OCH3 is 1. The van der Waals surface area contributed by atoms with Gasteiger partial charge in [-0.3, -0.25) is 4.79 Å². The topological polar surface area (TPSA) is 55.0 Å². The molecule has 0 aliphatic rings. The minimum Gasteiger partial charge on any atom is -0.494 e. The molecule has 0 saturated carbocycles. The molecule has 0 unspecified atom stereocenters. The van der Waals surface area contributed by atoms with E-state index >= 15 is 0 Å². The van der Waals surface area contributed by atoms with Crippen molar-refractivity contribution in [1.29, 1.82) is 0 Å². The van der Waals surface area contributed by atoms with Crippen molar-refractivity contribution < 1.29 is 9.13 Å². The first kappa shape index (κ1) is 9.85. The molecule has 0 saturated heterocycles. The summed E-state index contributed by atoms with van der Waals surface area (Å²) in [6.07, 6.45) is 0. The molecular formula is C9H7FN2O2S. The number of halogens is 1. The monoisotopic (exact) mass is 226 g/mol. The molecule has 0 fully saturated rings. The molecule has 0 radical (unpaired) electrons. The molecule has 78 valence electrons. The Bertz CT molecular complexity index is 535. The summed E-state index contributed by atoms with van der Waals surface area (Å²) in [4.78, 5) is 10.6. The van der Waals surface area contributed by atoms with Gasteiger partial charge in [-0.25, -0.2) is 9.49 Å². The lowest BCUT2D eigenvalue weighted by molar-refractivity contribution is 0.386. The number of nitrogens with one attached hydrogen (secondary N) is 1. The minimum absolute atomic E-state index is 0.168. The van der Waals surface area contributed by atoms with Crippen LogP contribution in [0.2, 0.25) is 0 Å². The van der Waals surface area contributed by atoms with Crippen molar-refractivity contribution in [2.75, 3.05) is 7.11 Å². The number of hydrogen-bond donors (Lipinski definition) is 1. The van der Waals surface area contributed by atoms with Gasteiger partial charge in [0.1, 0.15) is 5.01 Å². The van der Waals surface area contributed by atoms with Crippen molar-refractivity contribution in [3.05, 3.63) is 33.7 Å². The molecule has 0 aliphatic heterocycles. The van der Waals surface area contributed by atoms with Crippen LogP contribution in [0, 0.1) is 5.82 Å². The molecule has 15 heavy (non-hydrogen) atoms. The Morgan fingerprint density at radius 1 is 1.53 bits per heavy atom. The fourth-order valence-electron chi connectivity index (χ4n) is 1.15. The molecule has 4 nitrogen and oxygen atoms in total. The van der Waals surface area contributed by atoms with Gasteiger partial charge in [-0.05, 0) is 18.2 Å². The molecule has 1 aromatic heterocycles. The average Bonchev–Trinajstić information content (AvgIpc) is 2.65. The largest absolute Gasteiger partial charge is 0.494 e. The van der Waals surface area contributed by atoms with Crippen LogP contribution in [0.3, 0.4) is 0 Å². The molecule has 0 atom stereocenters. The zero-order valence-electron chi connectivity index (χ0n) is 7.78. The van der Waals surface area contributed by atoms with Gasteiger partial charge in [-0.2, -0.15) is 5.10 Å². The third-order valence-electron chi connectivity index (χ3n) is 1.84. The van der Waals surface area contributed by atoms with E-state index in [9.17, 15) is 9.18 Å². The SMILES string of the molecule is COc1ccc(-c2n[nH]c(=O)s2)cc1F. The quantitative estimate of drug-likeness (QED) is 0.847. The first-order chi connectivity index (χ1) is 7.20. The first-order valence-electron chi connectivity index (χ1n) is 4.10. The van der Waals surface area contributed by atoms with Gasteiger partial charge in [-0.15, -0.1) is 0 Å². The maximum absolute atomic E-state index is 13.3. The van der Waals surface area contributed by atoms with Crippen LogP contribution >= 0.6 is 11.3 Å². The predicted octanol–water partition coefficient (Wildman–Crippen LogP) is 1.65. The molecule has 6 heteroatoms. The molecule has 1 N–H and O–H groups in total. The van der Waals surface area contributed by atoms with Crippen molar-refractivity contribution in [1.82, 2.24) is 10.2 Å². The second-order valence-corrected chi connectivity index (χ2v) is 3.73. The fourth-order valence-corrected chi connectivity index (χ4v) is 1.76. The summed E-state index contributed by atoms with van der Waals surface area (Å²) in [5.41, 5.74) is 0.552. The number of aromatic nitrogens is 2. The summed E-state index contributed by atoms with van der Waals surface area (Å²) >= 11 is 0.933. The normalized spacial score (nSPS) is 10.3. The van der Waals surface area contributed by atoms with Crippen LogP contribution < -0.4 is 9.61 Å². The molecule has 2 aromatic rings. The molecule has 0 aliphatic carbocycles. The number of rotatable bonds is 2. The highest BCUT2D eigenvalue weighted by molar-refractivity contribution is 7.12. The highest BCUT2D eigenvalue weighted by Crippen LogP contribution is 2.24. The van der Waals surface area contributed by atoms with E-state index in [0.717, 1.165) is 11.3 Å². The van der Waals surface area contributed by atoms with Crippen LogP contribution in [-0.4, -0.2) is 17.3 Å². The Labute approximate surface area is 88.3 Å². The van der Waals surface area contributed by atoms with Gasteiger partial charge in [-0.1, -0.05) is 11.3 Å². The molecular weight excluding hydrogens is 219 g/mol. The van der Waals surface area contributed by atoms with Crippen LogP contribution in [-0.2, 0) is 0 Å². The lowest BCUT2D eigenvalue weighted by atomic mass is 10.2. The van der Waals surface area contributed by atoms with Crippen molar-refractivity contribution in [2.45, 2.75) is 0 Å². The van der Waals surface area contributed by atoms with Crippen molar-refractivity contribution in [3.8, 4) is 16.3 Å². The summed E-state index contributed by atoms with van der Waals surface area (Å²) < 4.78 is 18.1. The maximum Gasteiger partial charge on any atom is 0.322 e. The zero-order chi connectivity index (χ0) is 10.8. The van der Waals surface area contributed by atoms with Gasteiger partial charge in [0.25, 0.3) is 0 Å². The van der Waals surface area contributed by atoms with Gasteiger partial charge in [0.05, 0.1) is 7.11 Å². The zero-order valence-corrected chi connectivity index (χ0v) is 8.60. The minimum atomic E-state index is -0.474. The number of nitrogens with zero attached hydrogens (tertiary/aromatic N) is 1. The number of hydrogen-bond acceptors (Lipinski definition) is 4. The number of ether oxygens (including phenoxy) is 1. The van der Waals surface area contributed by atoms with Crippen LogP contribution in [0.5, 0.6) is 5.75 Å². The highest BCUT2D eigenvalue weighted by Gasteiger charge is 2.07. The standard InChI is InChI=1S/C9H7FN2O2S/c1-14-7-3-2-5(4-6(7)10)8-11-12-9(13)15-8/h2-4H,1H3,(H,12,13). The van der Waals surface area contributed by atoms with E-state index in [1.165, 1.54) is 19.2 Å². The predicted molar refractivity (Wildman–Crippen MR) is 54.7 cm³/mol. The Hall–Kier alpha value is -1.69. The number of benzene rings is 1. The summed E-state index contributed by atoms with van der Waals surface area (Å²) in [6.45, 7) is 0.